The van der Waals surface area contributed by atoms with Crippen LogP contribution in [0.2, 0.25) is 0 Å². The number of aliphatic carboxylic acids is 1. The maximum atomic E-state index is 13.3. The number of phenolic OH excluding ortho intramolecular Hbond substituents is 1. The lowest BCUT2D eigenvalue weighted by Gasteiger charge is -2.19. The normalized spacial score (nSPS) is 10.7. The quantitative estimate of drug-likeness (QED) is 0.443. The van der Waals surface area contributed by atoms with E-state index >= 15 is 0 Å². The number of ether oxygens (including phenoxy) is 2. The molecule has 0 aliphatic rings. The molecular formula is C19H28FN3O8. The molecule has 0 bridgehead atoms. The van der Waals surface area contributed by atoms with Gasteiger partial charge < -0.3 is 30.3 Å². The maximum absolute atomic E-state index is 13.3. The SMILES string of the molecule is CC(C)(C)OC(=O)NC(=O)Nc1ccc(O)cc1F.CC(C)(C)OC(=O)NCC(=O)O. The van der Waals surface area contributed by atoms with Gasteiger partial charge >= 0.3 is 24.2 Å². The van der Waals surface area contributed by atoms with Crippen LogP contribution in [-0.4, -0.2) is 52.1 Å². The van der Waals surface area contributed by atoms with Crippen molar-refractivity contribution >= 4 is 29.9 Å². The summed E-state index contributed by atoms with van der Waals surface area (Å²) >= 11 is 0. The summed E-state index contributed by atoms with van der Waals surface area (Å²) in [5, 5.41) is 23.3. The Bertz CT molecular complexity index is 800. The molecule has 12 heteroatoms. The number of hydrogen-bond donors (Lipinski definition) is 5. The van der Waals surface area contributed by atoms with Gasteiger partial charge in [-0.25, -0.2) is 24.1 Å². The third-order valence-corrected chi connectivity index (χ3v) is 2.60. The number of halogens is 1. The van der Waals surface area contributed by atoms with Crippen LogP contribution in [0.5, 0.6) is 5.75 Å². The lowest BCUT2D eigenvalue weighted by atomic mass is 10.2. The second kappa shape index (κ2) is 11.6. The largest absolute Gasteiger partial charge is 0.508 e. The number of phenols is 1. The number of carboxylic acid groups (broad SMARTS) is 1. The van der Waals surface area contributed by atoms with Gasteiger partial charge in [0.05, 0.1) is 5.69 Å². The summed E-state index contributed by atoms with van der Waals surface area (Å²) in [6.45, 7) is 9.61. The Morgan fingerprint density at radius 1 is 0.968 bits per heavy atom. The van der Waals surface area contributed by atoms with E-state index in [0.717, 1.165) is 6.07 Å². The van der Waals surface area contributed by atoms with Gasteiger partial charge in [0.1, 0.15) is 29.3 Å². The van der Waals surface area contributed by atoms with Crippen molar-refractivity contribution in [3.05, 3.63) is 24.0 Å². The zero-order valence-corrected chi connectivity index (χ0v) is 18.2. The van der Waals surface area contributed by atoms with E-state index in [1.807, 2.05) is 5.32 Å². The van der Waals surface area contributed by atoms with Crippen LogP contribution in [0.4, 0.5) is 24.5 Å². The molecule has 5 N–H and O–H groups in total. The lowest BCUT2D eigenvalue weighted by Crippen LogP contribution is -2.38. The van der Waals surface area contributed by atoms with Crippen molar-refractivity contribution in [2.45, 2.75) is 52.7 Å². The molecule has 0 atom stereocenters. The minimum absolute atomic E-state index is 0.168. The van der Waals surface area contributed by atoms with E-state index < -0.39 is 47.8 Å². The number of anilines is 1. The summed E-state index contributed by atoms with van der Waals surface area (Å²) in [6.07, 6.45) is -1.66. The van der Waals surface area contributed by atoms with Crippen molar-refractivity contribution < 1.29 is 43.3 Å². The van der Waals surface area contributed by atoms with Gasteiger partial charge in [-0.05, 0) is 53.7 Å². The van der Waals surface area contributed by atoms with Crippen molar-refractivity contribution in [2.24, 2.45) is 0 Å². The van der Waals surface area contributed by atoms with Crippen LogP contribution in [0.15, 0.2) is 18.2 Å². The van der Waals surface area contributed by atoms with Gasteiger partial charge in [-0.3, -0.25) is 4.79 Å². The van der Waals surface area contributed by atoms with E-state index in [1.54, 1.807) is 41.5 Å². The zero-order valence-electron chi connectivity index (χ0n) is 18.2. The first-order chi connectivity index (χ1) is 14.0. The Balaban J connectivity index is 0.000000649. The van der Waals surface area contributed by atoms with Crippen LogP contribution >= 0.6 is 0 Å². The number of nitrogens with one attached hydrogen (secondary N) is 3. The number of imide groups is 1. The lowest BCUT2D eigenvalue weighted by molar-refractivity contribution is -0.136. The Kier molecular flexibility index (Phi) is 10.2. The standard InChI is InChI=1S/C12H15FN2O4.C7H13NO4/c1-12(2,3)19-11(18)15-10(17)14-9-5-4-7(16)6-8(9)13;1-7(2,3)12-6(11)8-4-5(9)10/h4-6,16H,1-3H3,(H2,14,15,17,18);4H2,1-3H3,(H,8,11)(H,9,10). The first-order valence-electron chi connectivity index (χ1n) is 8.96. The van der Waals surface area contributed by atoms with Gasteiger partial charge in [-0.1, -0.05) is 0 Å². The molecule has 0 radical (unpaired) electrons. The minimum atomic E-state index is -1.10. The monoisotopic (exact) mass is 445 g/mol. The second-order valence-corrected chi connectivity index (χ2v) is 7.99. The van der Waals surface area contributed by atoms with Gasteiger partial charge in [0, 0.05) is 6.07 Å². The average Bonchev–Trinajstić information content (AvgIpc) is 2.52. The summed E-state index contributed by atoms with van der Waals surface area (Å²) in [4.78, 5) is 43.4. The molecule has 0 heterocycles. The third kappa shape index (κ3) is 15.0. The molecule has 0 spiro atoms. The first kappa shape index (κ1) is 27.4. The zero-order chi connectivity index (χ0) is 24.4. The highest BCUT2D eigenvalue weighted by atomic mass is 19.1. The Morgan fingerprint density at radius 3 is 1.94 bits per heavy atom. The summed E-state index contributed by atoms with van der Waals surface area (Å²) in [7, 11) is 0. The van der Waals surface area contributed by atoms with E-state index in [2.05, 4.69) is 10.6 Å². The first-order valence-corrected chi connectivity index (χ1v) is 8.96. The smallest absolute Gasteiger partial charge is 0.415 e. The Labute approximate surface area is 178 Å². The summed E-state index contributed by atoms with van der Waals surface area (Å²) < 4.78 is 22.9. The van der Waals surface area contributed by atoms with Gasteiger partial charge in [0.25, 0.3) is 0 Å². The number of urea groups is 1. The number of carbonyl (C=O) groups is 4. The van der Waals surface area contributed by atoms with Crippen molar-refractivity contribution in [1.29, 1.82) is 0 Å². The van der Waals surface area contributed by atoms with Crippen LogP contribution in [0.3, 0.4) is 0 Å². The van der Waals surface area contributed by atoms with Crippen LogP contribution < -0.4 is 16.0 Å². The van der Waals surface area contributed by atoms with Gasteiger partial charge in [-0.2, -0.15) is 0 Å². The highest BCUT2D eigenvalue weighted by molar-refractivity contribution is 5.99. The molecule has 1 aromatic rings. The molecular weight excluding hydrogens is 417 g/mol. The highest BCUT2D eigenvalue weighted by Gasteiger charge is 2.19. The van der Waals surface area contributed by atoms with Crippen LogP contribution in [0.25, 0.3) is 0 Å². The highest BCUT2D eigenvalue weighted by Crippen LogP contribution is 2.19. The number of hydrogen-bond acceptors (Lipinski definition) is 7. The number of carbonyl (C=O) groups excluding carboxylic acids is 3. The van der Waals surface area contributed by atoms with Crippen molar-refractivity contribution in [3.63, 3.8) is 0 Å². The summed E-state index contributed by atoms with van der Waals surface area (Å²) in [5.74, 6) is -2.18. The van der Waals surface area contributed by atoms with Crippen LogP contribution in [0, 0.1) is 5.82 Å². The fraction of sp³-hybridized carbons (Fsp3) is 0.474. The average molecular weight is 445 g/mol. The second-order valence-electron chi connectivity index (χ2n) is 7.99. The Morgan fingerprint density at radius 2 is 1.48 bits per heavy atom. The van der Waals surface area contributed by atoms with E-state index in [-0.39, 0.29) is 11.4 Å². The molecule has 0 saturated heterocycles. The number of aromatic hydroxyl groups is 1. The molecule has 4 amide bonds. The van der Waals surface area contributed by atoms with Crippen LogP contribution in [0.1, 0.15) is 41.5 Å². The molecule has 1 rings (SSSR count). The van der Waals surface area contributed by atoms with Gasteiger partial charge in [-0.15, -0.1) is 0 Å². The van der Waals surface area contributed by atoms with Crippen molar-refractivity contribution in [3.8, 4) is 5.75 Å². The maximum Gasteiger partial charge on any atom is 0.415 e. The molecule has 0 aliphatic heterocycles. The third-order valence-electron chi connectivity index (χ3n) is 2.60. The minimum Gasteiger partial charge on any atom is -0.508 e. The van der Waals surface area contributed by atoms with Gasteiger partial charge in [0.2, 0.25) is 0 Å². The molecule has 0 aromatic heterocycles. The molecule has 0 saturated carbocycles. The van der Waals surface area contributed by atoms with Crippen molar-refractivity contribution in [2.75, 3.05) is 11.9 Å². The summed E-state index contributed by atoms with van der Waals surface area (Å²) in [6, 6.07) is 2.27. The number of alkyl carbamates (subject to hydrolysis) is 2. The van der Waals surface area contributed by atoms with E-state index in [1.165, 1.54) is 12.1 Å². The molecule has 0 unspecified atom stereocenters. The van der Waals surface area contributed by atoms with Crippen LogP contribution in [-0.2, 0) is 14.3 Å². The van der Waals surface area contributed by atoms with E-state index in [0.29, 0.717) is 0 Å². The predicted molar refractivity (Wildman–Crippen MR) is 108 cm³/mol. The molecule has 31 heavy (non-hydrogen) atoms. The topological polar surface area (TPSA) is 163 Å². The number of carboxylic acids is 1. The number of rotatable bonds is 3. The number of amides is 4. The molecule has 0 aliphatic carbocycles. The molecule has 0 fully saturated rings. The predicted octanol–water partition coefficient (Wildman–Crippen LogP) is 3.18. The van der Waals surface area contributed by atoms with Crippen molar-refractivity contribution in [1.82, 2.24) is 10.6 Å². The fourth-order valence-corrected chi connectivity index (χ4v) is 1.62. The molecule has 1 aromatic carbocycles. The molecule has 11 nitrogen and oxygen atoms in total. The van der Waals surface area contributed by atoms with E-state index in [4.69, 9.17) is 19.7 Å². The number of benzene rings is 1. The molecule has 174 valence electrons. The summed E-state index contributed by atoms with van der Waals surface area (Å²) in [5.41, 5.74) is -1.50. The van der Waals surface area contributed by atoms with Gasteiger partial charge in [0.15, 0.2) is 0 Å². The Hall–Kier alpha value is -3.57. The fourth-order valence-electron chi connectivity index (χ4n) is 1.62. The van der Waals surface area contributed by atoms with E-state index in [9.17, 15) is 23.6 Å².